The molecule has 0 amide bonds. The Balaban J connectivity index is 1.48. The molecule has 0 unspecified atom stereocenters. The first-order chi connectivity index (χ1) is 16.3. The van der Waals surface area contributed by atoms with Crippen LogP contribution in [0.5, 0.6) is 0 Å². The summed E-state index contributed by atoms with van der Waals surface area (Å²) >= 11 is 0. The quantitative estimate of drug-likeness (QED) is 0.322. The van der Waals surface area contributed by atoms with Gasteiger partial charge in [0.05, 0.1) is 5.56 Å². The van der Waals surface area contributed by atoms with Crippen LogP contribution in [0.3, 0.4) is 0 Å². The Labute approximate surface area is 189 Å². The van der Waals surface area contributed by atoms with Crippen LogP contribution >= 0.6 is 0 Å². The maximum absolute atomic E-state index is 8.49. The van der Waals surface area contributed by atoms with Crippen LogP contribution in [0, 0.1) is 5.41 Å². The number of anilines is 3. The fourth-order valence-electron chi connectivity index (χ4n) is 4.00. The van der Waals surface area contributed by atoms with Crippen molar-refractivity contribution in [2.24, 2.45) is 0 Å². The molecule has 0 bridgehead atoms. The van der Waals surface area contributed by atoms with Crippen molar-refractivity contribution in [1.82, 2.24) is 4.98 Å². The average molecular weight is 429 g/mol. The minimum Gasteiger partial charge on any atom is -0.438 e. The highest BCUT2D eigenvalue weighted by molar-refractivity contribution is 5.87. The van der Waals surface area contributed by atoms with Gasteiger partial charge >= 0.3 is 0 Å². The molecule has 0 aliphatic heterocycles. The van der Waals surface area contributed by atoms with Crippen molar-refractivity contribution in [3.63, 3.8) is 0 Å². The van der Waals surface area contributed by atoms with Crippen LogP contribution < -0.4 is 10.5 Å². The summed E-state index contributed by atoms with van der Waals surface area (Å²) < 4.78 is 11.8. The molecule has 0 radical (unpaired) electrons. The van der Waals surface area contributed by atoms with E-state index >= 15 is 0 Å². The summed E-state index contributed by atoms with van der Waals surface area (Å²) in [4.78, 5) is 6.68. The Hall–Kier alpha value is -4.64. The van der Waals surface area contributed by atoms with Gasteiger partial charge < -0.3 is 13.7 Å². The van der Waals surface area contributed by atoms with Crippen molar-refractivity contribution in [3.05, 3.63) is 115 Å². The molecule has 4 aromatic carbocycles. The highest BCUT2D eigenvalue weighted by Crippen LogP contribution is 2.36. The van der Waals surface area contributed by atoms with E-state index in [0.29, 0.717) is 22.6 Å². The molecule has 0 spiro atoms. The molecule has 0 atom stereocenters. The van der Waals surface area contributed by atoms with Gasteiger partial charge in [-0.15, -0.1) is 0 Å². The van der Waals surface area contributed by atoms with E-state index in [0.717, 1.165) is 28.0 Å². The van der Waals surface area contributed by atoms with Crippen LogP contribution in [0.2, 0.25) is 0 Å². The van der Waals surface area contributed by atoms with E-state index in [1.807, 2.05) is 78.9 Å². The van der Waals surface area contributed by atoms with E-state index in [1.165, 1.54) is 0 Å². The van der Waals surface area contributed by atoms with Gasteiger partial charge in [0.15, 0.2) is 5.58 Å². The van der Waals surface area contributed by atoms with Gasteiger partial charge in [-0.05, 0) is 54.6 Å². The number of nitrogens with zero attached hydrogens (tertiary/aromatic N) is 2. The predicted octanol–water partition coefficient (Wildman–Crippen LogP) is 7.19. The first kappa shape index (κ1) is 19.1. The first-order valence-corrected chi connectivity index (χ1v) is 10.6. The van der Waals surface area contributed by atoms with Gasteiger partial charge in [-0.1, -0.05) is 48.5 Å². The zero-order valence-electron chi connectivity index (χ0n) is 17.6. The fourth-order valence-corrected chi connectivity index (χ4v) is 4.00. The second-order valence-corrected chi connectivity index (χ2v) is 7.70. The molecule has 6 aromatic rings. The minimum absolute atomic E-state index is 0.0113. The van der Waals surface area contributed by atoms with E-state index in [4.69, 9.17) is 14.2 Å². The van der Waals surface area contributed by atoms with E-state index in [2.05, 4.69) is 40.2 Å². The SMILES string of the molecule is N=c1oc2cc(N(c3ccccc3)c3ccccc3)ccc2cc1-c1nc2ccccc2o1. The highest BCUT2D eigenvalue weighted by atomic mass is 16.4. The summed E-state index contributed by atoms with van der Waals surface area (Å²) in [5.41, 5.74) is 5.61. The summed E-state index contributed by atoms with van der Waals surface area (Å²) in [6.07, 6.45) is 0. The standard InChI is InChI=1S/C28H19N3O2/c29-27-23(28-30-24-13-7-8-14-25(24)33-28)17-19-15-16-22(18-26(19)32-27)31(20-9-3-1-4-10-20)21-11-5-2-6-12-21/h1-18,29H. The lowest BCUT2D eigenvalue weighted by Crippen LogP contribution is -2.10. The summed E-state index contributed by atoms with van der Waals surface area (Å²) in [5.74, 6) is 0.381. The van der Waals surface area contributed by atoms with E-state index in [1.54, 1.807) is 0 Å². The smallest absolute Gasteiger partial charge is 0.232 e. The molecular formula is C28H19N3O2. The molecule has 5 nitrogen and oxygen atoms in total. The van der Waals surface area contributed by atoms with Gasteiger partial charge in [0.25, 0.3) is 0 Å². The third-order valence-electron chi connectivity index (χ3n) is 5.56. The highest BCUT2D eigenvalue weighted by Gasteiger charge is 2.16. The molecule has 0 saturated carbocycles. The Kier molecular flexibility index (Phi) is 4.51. The number of hydrogen-bond donors (Lipinski definition) is 1. The molecule has 6 rings (SSSR count). The number of fused-ring (bicyclic) bond motifs is 2. The van der Waals surface area contributed by atoms with E-state index in [-0.39, 0.29) is 5.55 Å². The molecule has 0 saturated heterocycles. The maximum Gasteiger partial charge on any atom is 0.232 e. The predicted molar refractivity (Wildman–Crippen MR) is 130 cm³/mol. The molecule has 158 valence electrons. The lowest BCUT2D eigenvalue weighted by atomic mass is 10.1. The Morgan fingerprint density at radius 3 is 1.97 bits per heavy atom. The number of benzene rings is 4. The van der Waals surface area contributed by atoms with Crippen LogP contribution in [0.1, 0.15) is 0 Å². The normalized spacial score (nSPS) is 11.2. The third kappa shape index (κ3) is 3.46. The molecular weight excluding hydrogens is 410 g/mol. The summed E-state index contributed by atoms with van der Waals surface area (Å²) in [7, 11) is 0. The number of rotatable bonds is 4. The van der Waals surface area contributed by atoms with Gasteiger partial charge in [-0.25, -0.2) is 4.98 Å². The van der Waals surface area contributed by atoms with Gasteiger partial charge in [0.2, 0.25) is 11.4 Å². The van der Waals surface area contributed by atoms with Crippen molar-refractivity contribution >= 4 is 39.1 Å². The van der Waals surface area contributed by atoms with Gasteiger partial charge in [-0.2, -0.15) is 0 Å². The maximum atomic E-state index is 8.49. The van der Waals surface area contributed by atoms with Crippen molar-refractivity contribution in [3.8, 4) is 11.5 Å². The lowest BCUT2D eigenvalue weighted by Gasteiger charge is -2.25. The second kappa shape index (κ2) is 7.80. The number of aromatic nitrogens is 1. The zero-order chi connectivity index (χ0) is 22.2. The summed E-state index contributed by atoms with van der Waals surface area (Å²) in [5, 5.41) is 9.36. The fraction of sp³-hybridized carbons (Fsp3) is 0. The van der Waals surface area contributed by atoms with E-state index in [9.17, 15) is 0 Å². The third-order valence-corrected chi connectivity index (χ3v) is 5.56. The van der Waals surface area contributed by atoms with Crippen LogP contribution in [-0.4, -0.2) is 4.98 Å². The van der Waals surface area contributed by atoms with Crippen LogP contribution in [0.25, 0.3) is 33.5 Å². The van der Waals surface area contributed by atoms with Crippen molar-refractivity contribution in [2.75, 3.05) is 4.90 Å². The minimum atomic E-state index is 0.0113. The van der Waals surface area contributed by atoms with Crippen molar-refractivity contribution in [1.29, 1.82) is 5.41 Å². The Morgan fingerprint density at radius 2 is 1.27 bits per heavy atom. The second-order valence-electron chi connectivity index (χ2n) is 7.70. The number of para-hydroxylation sites is 4. The summed E-state index contributed by atoms with van der Waals surface area (Å²) in [6, 6.07) is 35.8. The molecule has 1 N–H and O–H groups in total. The molecule has 0 fully saturated rings. The first-order valence-electron chi connectivity index (χ1n) is 10.6. The van der Waals surface area contributed by atoms with Gasteiger partial charge in [-0.3, -0.25) is 5.41 Å². The number of hydrogen-bond acceptors (Lipinski definition) is 5. The van der Waals surface area contributed by atoms with Gasteiger partial charge in [0, 0.05) is 28.5 Å². The lowest BCUT2D eigenvalue weighted by molar-refractivity contribution is 0.528. The van der Waals surface area contributed by atoms with Crippen molar-refractivity contribution in [2.45, 2.75) is 0 Å². The molecule has 2 aromatic heterocycles. The number of nitrogens with one attached hydrogen (secondary N) is 1. The monoisotopic (exact) mass is 429 g/mol. The zero-order valence-corrected chi connectivity index (χ0v) is 17.6. The van der Waals surface area contributed by atoms with Gasteiger partial charge in [0.1, 0.15) is 11.1 Å². The van der Waals surface area contributed by atoms with Crippen LogP contribution in [-0.2, 0) is 0 Å². The molecule has 0 aliphatic rings. The molecule has 5 heteroatoms. The largest absolute Gasteiger partial charge is 0.438 e. The Bertz CT molecular complexity index is 1560. The van der Waals surface area contributed by atoms with E-state index < -0.39 is 0 Å². The average Bonchev–Trinajstić information content (AvgIpc) is 3.29. The molecule has 0 aliphatic carbocycles. The molecule has 33 heavy (non-hydrogen) atoms. The van der Waals surface area contributed by atoms with Crippen LogP contribution in [0.15, 0.2) is 118 Å². The summed E-state index contributed by atoms with van der Waals surface area (Å²) in [6.45, 7) is 0. The van der Waals surface area contributed by atoms with Crippen LogP contribution in [0.4, 0.5) is 17.1 Å². The topological polar surface area (TPSA) is 66.3 Å². The molecule has 2 heterocycles. The number of oxazole rings is 1. The van der Waals surface area contributed by atoms with Crippen molar-refractivity contribution < 1.29 is 8.83 Å². The Morgan fingerprint density at radius 1 is 0.606 bits per heavy atom.